The molecule has 2 rings (SSSR count). The maximum atomic E-state index is 12.3. The number of carboxylic acids is 1. The fraction of sp³-hybridized carbons (Fsp3) is 0.500. The molecule has 1 aromatic carbocycles. The number of hydrogen-bond acceptors (Lipinski definition) is 3. The second-order valence-electron chi connectivity index (χ2n) is 5.81. The zero-order valence-electron chi connectivity index (χ0n) is 12.5. The van der Waals surface area contributed by atoms with Crippen molar-refractivity contribution < 1.29 is 14.7 Å². The van der Waals surface area contributed by atoms with E-state index in [2.05, 4.69) is 15.9 Å². The molecule has 0 aromatic heterocycles. The van der Waals surface area contributed by atoms with Crippen molar-refractivity contribution in [2.45, 2.75) is 31.1 Å². The van der Waals surface area contributed by atoms with Gasteiger partial charge in [0, 0.05) is 34.6 Å². The maximum Gasteiger partial charge on any atom is 0.311 e. The Balaban J connectivity index is 1.85. The first kappa shape index (κ1) is 17.3. The van der Waals surface area contributed by atoms with Crippen LogP contribution < -0.4 is 0 Å². The van der Waals surface area contributed by atoms with E-state index in [1.54, 1.807) is 23.6 Å². The van der Waals surface area contributed by atoms with E-state index in [4.69, 9.17) is 0 Å². The van der Waals surface area contributed by atoms with E-state index in [-0.39, 0.29) is 5.91 Å². The molecular weight excluding hydrogens is 366 g/mol. The van der Waals surface area contributed by atoms with Crippen LogP contribution in [0.15, 0.2) is 33.6 Å². The average Bonchev–Trinajstić information content (AvgIpc) is 2.49. The number of carbonyl (C=O) groups excluding carboxylic acids is 1. The minimum absolute atomic E-state index is 0.0479. The van der Waals surface area contributed by atoms with E-state index in [1.165, 1.54) is 0 Å². The Morgan fingerprint density at radius 3 is 2.82 bits per heavy atom. The summed E-state index contributed by atoms with van der Waals surface area (Å²) < 4.78 is 1.03. The van der Waals surface area contributed by atoms with Crippen LogP contribution in [-0.2, 0) is 9.59 Å². The van der Waals surface area contributed by atoms with E-state index < -0.39 is 11.4 Å². The molecule has 0 bridgehead atoms. The van der Waals surface area contributed by atoms with Gasteiger partial charge < -0.3 is 10.0 Å². The molecule has 22 heavy (non-hydrogen) atoms. The Labute approximate surface area is 143 Å². The number of amides is 1. The molecular formula is C16H20BrNO3S. The fourth-order valence-electron chi connectivity index (χ4n) is 2.60. The molecule has 1 unspecified atom stereocenters. The van der Waals surface area contributed by atoms with Crippen molar-refractivity contribution in [1.82, 2.24) is 4.90 Å². The van der Waals surface area contributed by atoms with Gasteiger partial charge in [-0.3, -0.25) is 9.59 Å². The normalized spacial score (nSPS) is 21.6. The van der Waals surface area contributed by atoms with Gasteiger partial charge in [0.1, 0.15) is 0 Å². The van der Waals surface area contributed by atoms with Gasteiger partial charge in [-0.2, -0.15) is 0 Å². The Bertz CT molecular complexity index is 566. The summed E-state index contributed by atoms with van der Waals surface area (Å²) in [6.45, 7) is 2.72. The average molecular weight is 386 g/mol. The summed E-state index contributed by atoms with van der Waals surface area (Å²) >= 11 is 5.12. The van der Waals surface area contributed by atoms with Crippen molar-refractivity contribution in [2.24, 2.45) is 5.41 Å². The summed E-state index contributed by atoms with van der Waals surface area (Å²) in [5.74, 6) is -0.0684. The second-order valence-corrected chi connectivity index (χ2v) is 7.80. The van der Waals surface area contributed by atoms with Crippen molar-refractivity contribution in [2.75, 3.05) is 18.8 Å². The molecule has 1 aliphatic rings. The first-order chi connectivity index (χ1) is 10.4. The molecule has 1 fully saturated rings. The van der Waals surface area contributed by atoms with Crippen LogP contribution in [0, 0.1) is 5.41 Å². The third-order valence-electron chi connectivity index (χ3n) is 3.98. The van der Waals surface area contributed by atoms with E-state index in [0.717, 1.165) is 15.8 Å². The molecule has 4 nitrogen and oxygen atoms in total. The number of piperidine rings is 1. The van der Waals surface area contributed by atoms with Gasteiger partial charge >= 0.3 is 5.97 Å². The van der Waals surface area contributed by atoms with Crippen LogP contribution in [0.3, 0.4) is 0 Å². The standard InChI is InChI=1S/C16H20BrNO3S/c1-16(15(20)21)8-4-9-18(11-16)14(19)7-10-22-13-6-3-2-5-12(13)17/h2-3,5-6H,4,7-11H2,1H3,(H,20,21). The quantitative estimate of drug-likeness (QED) is 0.785. The zero-order chi connectivity index (χ0) is 16.2. The Morgan fingerprint density at radius 1 is 1.41 bits per heavy atom. The van der Waals surface area contributed by atoms with Gasteiger partial charge in [0.15, 0.2) is 0 Å². The lowest BCUT2D eigenvalue weighted by Gasteiger charge is -2.37. The summed E-state index contributed by atoms with van der Waals surface area (Å²) in [5, 5.41) is 9.31. The summed E-state index contributed by atoms with van der Waals surface area (Å²) in [6.07, 6.45) is 1.82. The highest BCUT2D eigenvalue weighted by Crippen LogP contribution is 2.31. The third kappa shape index (κ3) is 4.26. The van der Waals surface area contributed by atoms with Gasteiger partial charge in [0.2, 0.25) is 5.91 Å². The number of carboxylic acid groups (broad SMARTS) is 1. The first-order valence-corrected chi connectivity index (χ1v) is 9.09. The number of thioether (sulfide) groups is 1. The SMILES string of the molecule is CC1(C(=O)O)CCCN(C(=O)CCSc2ccccc2Br)C1. The van der Waals surface area contributed by atoms with Crippen molar-refractivity contribution in [3.05, 3.63) is 28.7 Å². The molecule has 1 N–H and O–H groups in total. The van der Waals surface area contributed by atoms with E-state index >= 15 is 0 Å². The van der Waals surface area contributed by atoms with Crippen molar-refractivity contribution in [3.8, 4) is 0 Å². The smallest absolute Gasteiger partial charge is 0.311 e. The minimum atomic E-state index is -0.812. The minimum Gasteiger partial charge on any atom is -0.481 e. The van der Waals surface area contributed by atoms with Crippen LogP contribution in [0.1, 0.15) is 26.2 Å². The fourth-order valence-corrected chi connectivity index (χ4v) is 4.10. The molecule has 120 valence electrons. The van der Waals surface area contributed by atoms with Crippen LogP contribution in [-0.4, -0.2) is 40.7 Å². The van der Waals surface area contributed by atoms with Crippen LogP contribution in [0.4, 0.5) is 0 Å². The number of carbonyl (C=O) groups is 2. The van der Waals surface area contributed by atoms with Gasteiger partial charge in [0.05, 0.1) is 5.41 Å². The highest BCUT2D eigenvalue weighted by molar-refractivity contribution is 9.10. The van der Waals surface area contributed by atoms with Gasteiger partial charge in [-0.1, -0.05) is 12.1 Å². The first-order valence-electron chi connectivity index (χ1n) is 7.31. The summed E-state index contributed by atoms with van der Waals surface area (Å²) in [4.78, 5) is 26.4. The van der Waals surface area contributed by atoms with E-state index in [9.17, 15) is 14.7 Å². The molecule has 6 heteroatoms. The van der Waals surface area contributed by atoms with E-state index in [1.807, 2.05) is 24.3 Å². The predicted molar refractivity (Wildman–Crippen MR) is 91.0 cm³/mol. The highest BCUT2D eigenvalue weighted by Gasteiger charge is 2.39. The molecule has 1 saturated heterocycles. The van der Waals surface area contributed by atoms with Gasteiger partial charge in [-0.15, -0.1) is 11.8 Å². The van der Waals surface area contributed by atoms with Crippen molar-refractivity contribution in [1.29, 1.82) is 0 Å². The number of benzene rings is 1. The molecule has 0 radical (unpaired) electrons. The largest absolute Gasteiger partial charge is 0.481 e. The molecule has 1 aliphatic heterocycles. The number of halogens is 1. The number of likely N-dealkylation sites (tertiary alicyclic amines) is 1. The summed E-state index contributed by atoms with van der Waals surface area (Å²) in [5.41, 5.74) is -0.802. The molecule has 0 saturated carbocycles. The van der Waals surface area contributed by atoms with Crippen LogP contribution in [0.25, 0.3) is 0 Å². The topological polar surface area (TPSA) is 57.6 Å². The van der Waals surface area contributed by atoms with Crippen molar-refractivity contribution in [3.63, 3.8) is 0 Å². The summed E-state index contributed by atoms with van der Waals surface area (Å²) in [6, 6.07) is 7.92. The van der Waals surface area contributed by atoms with Gasteiger partial charge in [0.25, 0.3) is 0 Å². The highest BCUT2D eigenvalue weighted by atomic mass is 79.9. The monoisotopic (exact) mass is 385 g/mol. The lowest BCUT2D eigenvalue weighted by Crippen LogP contribution is -2.48. The predicted octanol–water partition coefficient (Wildman–Crippen LogP) is 3.64. The Kier molecular flexibility index (Phi) is 5.92. The van der Waals surface area contributed by atoms with Crippen molar-refractivity contribution >= 4 is 39.6 Å². The number of rotatable bonds is 5. The Morgan fingerprint density at radius 2 is 2.14 bits per heavy atom. The number of aliphatic carboxylic acids is 1. The number of hydrogen-bond donors (Lipinski definition) is 1. The second kappa shape index (κ2) is 7.51. The van der Waals surface area contributed by atoms with E-state index in [0.29, 0.717) is 31.7 Å². The molecule has 0 spiro atoms. The van der Waals surface area contributed by atoms with Crippen LogP contribution in [0.5, 0.6) is 0 Å². The molecule has 1 atom stereocenters. The molecule has 0 aliphatic carbocycles. The van der Waals surface area contributed by atoms with Gasteiger partial charge in [-0.25, -0.2) is 0 Å². The zero-order valence-corrected chi connectivity index (χ0v) is 15.0. The molecule has 1 heterocycles. The van der Waals surface area contributed by atoms with Crippen LogP contribution >= 0.6 is 27.7 Å². The Hall–Kier alpha value is -1.01. The maximum absolute atomic E-state index is 12.3. The summed E-state index contributed by atoms with van der Waals surface area (Å²) in [7, 11) is 0. The molecule has 1 aromatic rings. The lowest BCUT2D eigenvalue weighted by atomic mass is 9.82. The van der Waals surface area contributed by atoms with Gasteiger partial charge in [-0.05, 0) is 47.8 Å². The lowest BCUT2D eigenvalue weighted by molar-refractivity contribution is -0.153. The van der Waals surface area contributed by atoms with Crippen LogP contribution in [0.2, 0.25) is 0 Å². The number of nitrogens with zero attached hydrogens (tertiary/aromatic N) is 1. The molecule has 1 amide bonds. The third-order valence-corrected chi connectivity index (χ3v) is 6.00.